The van der Waals surface area contributed by atoms with E-state index in [0.717, 1.165) is 0 Å². The molecule has 0 aliphatic carbocycles. The number of nitrogens with zero attached hydrogens (tertiary/aromatic N) is 1. The highest BCUT2D eigenvalue weighted by Crippen LogP contribution is 2.23. The van der Waals surface area contributed by atoms with E-state index in [0.29, 0.717) is 40.9 Å². The molecule has 1 aromatic heterocycles. The molecule has 0 spiro atoms. The Bertz CT molecular complexity index is 1100. The maximum absolute atomic E-state index is 12.6. The molecule has 156 valence electrons. The van der Waals surface area contributed by atoms with Crippen LogP contribution >= 0.6 is 0 Å². The third kappa shape index (κ3) is 4.84. The maximum atomic E-state index is 12.6. The van der Waals surface area contributed by atoms with Crippen LogP contribution < -0.4 is 15.6 Å². The van der Waals surface area contributed by atoms with E-state index in [-0.39, 0.29) is 18.1 Å². The number of hydrogen-bond donors (Lipinski definition) is 1. The zero-order valence-corrected chi connectivity index (χ0v) is 16.7. The van der Waals surface area contributed by atoms with Gasteiger partial charge in [0.25, 0.3) is 11.5 Å². The number of pyridine rings is 1. The van der Waals surface area contributed by atoms with Crippen LogP contribution in [0, 0.1) is 0 Å². The second-order valence-corrected chi connectivity index (χ2v) is 6.43. The van der Waals surface area contributed by atoms with Crippen LogP contribution in [0.2, 0.25) is 0 Å². The predicted molar refractivity (Wildman–Crippen MR) is 112 cm³/mol. The molecule has 0 radical (unpaired) electrons. The Labute approximate surface area is 173 Å². The minimum absolute atomic E-state index is 0.148. The lowest BCUT2D eigenvalue weighted by atomic mass is 10.1. The number of ether oxygens (including phenoxy) is 3. The Hall–Kier alpha value is -3.65. The van der Waals surface area contributed by atoms with Crippen LogP contribution in [-0.4, -0.2) is 43.9 Å². The summed E-state index contributed by atoms with van der Waals surface area (Å²) < 4.78 is 16.9. The number of methoxy groups -OCH3 is 2. The van der Waals surface area contributed by atoms with Gasteiger partial charge in [-0.3, -0.25) is 9.59 Å². The number of amides is 1. The van der Waals surface area contributed by atoms with Crippen LogP contribution in [-0.2, 0) is 20.8 Å². The van der Waals surface area contributed by atoms with Gasteiger partial charge in [-0.2, -0.15) is 0 Å². The fourth-order valence-corrected chi connectivity index (χ4v) is 2.93. The first-order valence-corrected chi connectivity index (χ1v) is 9.25. The summed E-state index contributed by atoms with van der Waals surface area (Å²) in [5, 5.41) is 3.83. The summed E-state index contributed by atoms with van der Waals surface area (Å²) >= 11 is 0. The Morgan fingerprint density at radius 3 is 2.47 bits per heavy atom. The standard InChI is InChI=1S/C22H22N2O6/c1-28-13-12-24-11-10-17-18(21(24)26)4-3-5-19(17)30-14-20(25)23-16-8-6-15(7-9-16)22(27)29-2/h3-11H,12-14H2,1-2H3,(H,23,25). The number of carbonyl (C=O) groups excluding carboxylic acids is 2. The molecule has 2 aromatic carbocycles. The average Bonchev–Trinajstić information content (AvgIpc) is 2.77. The first-order valence-electron chi connectivity index (χ1n) is 9.25. The molecule has 3 rings (SSSR count). The van der Waals surface area contributed by atoms with Crippen molar-refractivity contribution in [2.24, 2.45) is 0 Å². The highest BCUT2D eigenvalue weighted by molar-refractivity contribution is 5.94. The molecule has 0 bridgehead atoms. The number of aromatic nitrogens is 1. The minimum Gasteiger partial charge on any atom is -0.483 e. The van der Waals surface area contributed by atoms with Gasteiger partial charge < -0.3 is 24.1 Å². The van der Waals surface area contributed by atoms with E-state index in [1.54, 1.807) is 66.4 Å². The van der Waals surface area contributed by atoms with Crippen molar-refractivity contribution in [3.8, 4) is 5.75 Å². The van der Waals surface area contributed by atoms with Gasteiger partial charge in [0.05, 0.1) is 24.7 Å². The predicted octanol–water partition coefficient (Wildman–Crippen LogP) is 2.45. The first-order chi connectivity index (χ1) is 14.5. The van der Waals surface area contributed by atoms with E-state index in [1.165, 1.54) is 7.11 Å². The largest absolute Gasteiger partial charge is 0.483 e. The van der Waals surface area contributed by atoms with Crippen LogP contribution in [0.1, 0.15) is 10.4 Å². The molecule has 1 amide bonds. The van der Waals surface area contributed by atoms with Crippen molar-refractivity contribution >= 4 is 28.3 Å². The molecule has 8 nitrogen and oxygen atoms in total. The summed E-state index contributed by atoms with van der Waals surface area (Å²) in [7, 11) is 2.88. The summed E-state index contributed by atoms with van der Waals surface area (Å²) in [4.78, 5) is 36.3. The molecule has 30 heavy (non-hydrogen) atoms. The number of benzene rings is 2. The van der Waals surface area contributed by atoms with Crippen molar-refractivity contribution < 1.29 is 23.8 Å². The summed E-state index contributed by atoms with van der Waals surface area (Å²) in [6.07, 6.45) is 1.68. The minimum atomic E-state index is -0.451. The van der Waals surface area contributed by atoms with Crippen molar-refractivity contribution in [3.05, 3.63) is 70.6 Å². The zero-order valence-electron chi connectivity index (χ0n) is 16.7. The third-order valence-electron chi connectivity index (χ3n) is 4.46. The van der Waals surface area contributed by atoms with Gasteiger partial charge in [-0.15, -0.1) is 0 Å². The molecule has 8 heteroatoms. The van der Waals surface area contributed by atoms with Gasteiger partial charge in [-0.1, -0.05) is 6.07 Å². The molecular weight excluding hydrogens is 388 g/mol. The van der Waals surface area contributed by atoms with Crippen molar-refractivity contribution in [3.63, 3.8) is 0 Å². The molecular formula is C22H22N2O6. The SMILES string of the molecule is COCCn1ccc2c(OCC(=O)Nc3ccc(C(=O)OC)cc3)cccc2c1=O. The highest BCUT2D eigenvalue weighted by Gasteiger charge is 2.10. The molecule has 0 fully saturated rings. The number of carbonyl (C=O) groups is 2. The number of hydrogen-bond acceptors (Lipinski definition) is 6. The smallest absolute Gasteiger partial charge is 0.337 e. The van der Waals surface area contributed by atoms with E-state index in [4.69, 9.17) is 9.47 Å². The van der Waals surface area contributed by atoms with E-state index in [2.05, 4.69) is 10.1 Å². The fourth-order valence-electron chi connectivity index (χ4n) is 2.93. The summed E-state index contributed by atoms with van der Waals surface area (Å²) in [6, 6.07) is 13.2. The Morgan fingerprint density at radius 2 is 1.77 bits per heavy atom. The van der Waals surface area contributed by atoms with Crippen LogP contribution in [0.4, 0.5) is 5.69 Å². The molecule has 1 heterocycles. The van der Waals surface area contributed by atoms with Crippen LogP contribution in [0.25, 0.3) is 10.8 Å². The van der Waals surface area contributed by atoms with Crippen molar-refractivity contribution in [2.45, 2.75) is 6.54 Å². The van der Waals surface area contributed by atoms with Gasteiger partial charge in [0, 0.05) is 30.9 Å². The Balaban J connectivity index is 1.68. The molecule has 3 aromatic rings. The molecule has 0 aliphatic rings. The van der Waals surface area contributed by atoms with Crippen molar-refractivity contribution in [1.29, 1.82) is 0 Å². The second-order valence-electron chi connectivity index (χ2n) is 6.43. The van der Waals surface area contributed by atoms with Gasteiger partial charge >= 0.3 is 5.97 Å². The van der Waals surface area contributed by atoms with Crippen molar-refractivity contribution in [2.75, 3.05) is 32.8 Å². The van der Waals surface area contributed by atoms with E-state index in [9.17, 15) is 14.4 Å². The van der Waals surface area contributed by atoms with Crippen LogP contribution in [0.3, 0.4) is 0 Å². The molecule has 1 N–H and O–H groups in total. The van der Waals surface area contributed by atoms with Crippen LogP contribution in [0.15, 0.2) is 59.5 Å². The lowest BCUT2D eigenvalue weighted by Gasteiger charge is -2.11. The number of esters is 1. The highest BCUT2D eigenvalue weighted by atomic mass is 16.5. The first kappa shape index (κ1) is 21.1. The lowest BCUT2D eigenvalue weighted by Crippen LogP contribution is -2.22. The summed E-state index contributed by atoms with van der Waals surface area (Å²) in [5.74, 6) is -0.376. The summed E-state index contributed by atoms with van der Waals surface area (Å²) in [5.41, 5.74) is 0.763. The van der Waals surface area contributed by atoms with Gasteiger partial charge in [0.1, 0.15) is 5.75 Å². The lowest BCUT2D eigenvalue weighted by molar-refractivity contribution is -0.118. The number of anilines is 1. The topological polar surface area (TPSA) is 95.9 Å². The van der Waals surface area contributed by atoms with E-state index >= 15 is 0 Å². The number of rotatable bonds is 8. The number of nitrogens with one attached hydrogen (secondary N) is 1. The van der Waals surface area contributed by atoms with Crippen LogP contribution in [0.5, 0.6) is 5.75 Å². The van der Waals surface area contributed by atoms with Gasteiger partial charge in [0.15, 0.2) is 6.61 Å². The van der Waals surface area contributed by atoms with Gasteiger partial charge in [-0.25, -0.2) is 4.79 Å². The Kier molecular flexibility index (Phi) is 6.82. The molecule has 0 atom stereocenters. The van der Waals surface area contributed by atoms with Gasteiger partial charge in [-0.05, 0) is 42.5 Å². The van der Waals surface area contributed by atoms with E-state index < -0.39 is 5.97 Å². The maximum Gasteiger partial charge on any atom is 0.337 e. The quantitative estimate of drug-likeness (QED) is 0.573. The monoisotopic (exact) mass is 410 g/mol. The number of fused-ring (bicyclic) bond motifs is 1. The fraction of sp³-hybridized carbons (Fsp3) is 0.227. The van der Waals surface area contributed by atoms with Gasteiger partial charge in [0.2, 0.25) is 0 Å². The molecule has 0 saturated carbocycles. The average molecular weight is 410 g/mol. The Morgan fingerprint density at radius 1 is 1.00 bits per heavy atom. The zero-order chi connectivity index (χ0) is 21.5. The second kappa shape index (κ2) is 9.71. The normalized spacial score (nSPS) is 10.6. The van der Waals surface area contributed by atoms with Crippen molar-refractivity contribution in [1.82, 2.24) is 4.57 Å². The third-order valence-corrected chi connectivity index (χ3v) is 4.46. The molecule has 0 saturated heterocycles. The molecule has 0 aliphatic heterocycles. The van der Waals surface area contributed by atoms with E-state index in [1.807, 2.05) is 0 Å². The molecule has 0 unspecified atom stereocenters. The summed E-state index contributed by atoms with van der Waals surface area (Å²) in [6.45, 7) is 0.653.